The summed E-state index contributed by atoms with van der Waals surface area (Å²) in [5.41, 5.74) is 6.24. The van der Waals surface area contributed by atoms with Crippen molar-refractivity contribution in [1.82, 2.24) is 4.90 Å². The normalized spacial score (nSPS) is 29.0. The number of carbonyl (C=O) groups is 1. The number of amides is 1. The number of carbonyl (C=O) groups excluding carboxylic acids is 1. The summed E-state index contributed by atoms with van der Waals surface area (Å²) in [5, 5.41) is 0. The summed E-state index contributed by atoms with van der Waals surface area (Å²) in [4.78, 5) is 14.4. The monoisotopic (exact) mass is 324 g/mol. The van der Waals surface area contributed by atoms with E-state index in [1.165, 1.54) is 12.8 Å². The lowest BCUT2D eigenvalue weighted by molar-refractivity contribution is -0.136. The Kier molecular flexibility index (Phi) is 5.70. The highest BCUT2D eigenvalue weighted by molar-refractivity contribution is 5.85. The highest BCUT2D eigenvalue weighted by atomic mass is 35.5. The minimum Gasteiger partial charge on any atom is -0.492 e. The number of likely N-dealkylation sites (N-methyl/N-ethyl adjacent to an activating group) is 1. The topological polar surface area (TPSA) is 55.6 Å². The van der Waals surface area contributed by atoms with Gasteiger partial charge in [-0.25, -0.2) is 0 Å². The molecule has 0 radical (unpaired) electrons. The van der Waals surface area contributed by atoms with Gasteiger partial charge in [-0.05, 0) is 43.2 Å². The quantitative estimate of drug-likeness (QED) is 0.904. The highest BCUT2D eigenvalue weighted by Crippen LogP contribution is 2.48. The largest absolute Gasteiger partial charge is 0.492 e. The number of rotatable bonds is 5. The van der Waals surface area contributed by atoms with Crippen LogP contribution in [-0.2, 0) is 4.79 Å². The number of halogens is 1. The zero-order valence-electron chi connectivity index (χ0n) is 13.0. The van der Waals surface area contributed by atoms with Crippen molar-refractivity contribution in [2.75, 3.05) is 20.2 Å². The molecule has 3 rings (SSSR count). The smallest absolute Gasteiger partial charge is 0.227 e. The summed E-state index contributed by atoms with van der Waals surface area (Å²) in [6, 6.07) is 9.76. The Bertz CT molecular complexity index is 495. The van der Waals surface area contributed by atoms with Crippen molar-refractivity contribution in [3.8, 4) is 5.75 Å². The van der Waals surface area contributed by atoms with Gasteiger partial charge in [0.15, 0.2) is 0 Å². The number of hydrogen-bond acceptors (Lipinski definition) is 3. The van der Waals surface area contributed by atoms with Crippen LogP contribution in [0.25, 0.3) is 0 Å². The number of benzene rings is 1. The summed E-state index contributed by atoms with van der Waals surface area (Å²) >= 11 is 0. The van der Waals surface area contributed by atoms with Gasteiger partial charge in [0.2, 0.25) is 5.91 Å². The van der Waals surface area contributed by atoms with Crippen molar-refractivity contribution in [3.05, 3.63) is 30.3 Å². The molecule has 1 aromatic carbocycles. The molecule has 0 spiro atoms. The predicted octanol–water partition coefficient (Wildman–Crippen LogP) is 2.32. The van der Waals surface area contributed by atoms with E-state index >= 15 is 0 Å². The average Bonchev–Trinajstić information content (AvgIpc) is 3.08. The van der Waals surface area contributed by atoms with Gasteiger partial charge in [0.05, 0.1) is 12.5 Å². The molecule has 1 amide bonds. The van der Waals surface area contributed by atoms with Crippen LogP contribution in [0.3, 0.4) is 0 Å². The van der Waals surface area contributed by atoms with E-state index in [1.807, 2.05) is 37.4 Å². The Morgan fingerprint density at radius 1 is 1.27 bits per heavy atom. The van der Waals surface area contributed by atoms with Crippen LogP contribution in [0.15, 0.2) is 30.3 Å². The van der Waals surface area contributed by atoms with Gasteiger partial charge in [-0.3, -0.25) is 4.79 Å². The summed E-state index contributed by atoms with van der Waals surface area (Å²) < 4.78 is 5.65. The van der Waals surface area contributed by atoms with E-state index in [1.54, 1.807) is 4.90 Å². The van der Waals surface area contributed by atoms with Crippen LogP contribution >= 0.6 is 12.4 Å². The molecule has 2 N–H and O–H groups in total. The van der Waals surface area contributed by atoms with Crippen LogP contribution in [0.1, 0.15) is 19.3 Å². The molecule has 0 aliphatic heterocycles. The maximum Gasteiger partial charge on any atom is 0.227 e. The molecule has 22 heavy (non-hydrogen) atoms. The molecule has 4 nitrogen and oxygen atoms in total. The van der Waals surface area contributed by atoms with E-state index in [4.69, 9.17) is 10.5 Å². The van der Waals surface area contributed by atoms with Crippen molar-refractivity contribution >= 4 is 18.3 Å². The standard InChI is InChI=1S/C17H24N2O2.ClH/c1-19(9-10-21-14-5-3-2-4-6-14)17(20)15-12-7-8-13(11-12)16(15)18;/h2-6,12-13,15-16H,7-11,18H2,1H3;1H. The fourth-order valence-electron chi connectivity index (χ4n) is 3.88. The minimum absolute atomic E-state index is 0. The number of hydrogen-bond donors (Lipinski definition) is 1. The molecule has 122 valence electrons. The molecule has 1 aromatic rings. The summed E-state index contributed by atoms with van der Waals surface area (Å²) in [6.45, 7) is 1.12. The number of para-hydroxylation sites is 1. The van der Waals surface area contributed by atoms with E-state index in [9.17, 15) is 4.79 Å². The number of nitrogens with zero attached hydrogens (tertiary/aromatic N) is 1. The van der Waals surface area contributed by atoms with Crippen LogP contribution < -0.4 is 10.5 Å². The van der Waals surface area contributed by atoms with Gasteiger partial charge in [0, 0.05) is 13.1 Å². The summed E-state index contributed by atoms with van der Waals surface area (Å²) in [5.74, 6) is 2.15. The van der Waals surface area contributed by atoms with Gasteiger partial charge in [-0.15, -0.1) is 12.4 Å². The molecule has 2 aliphatic carbocycles. The second kappa shape index (κ2) is 7.34. The lowest BCUT2D eigenvalue weighted by Gasteiger charge is -2.30. The predicted molar refractivity (Wildman–Crippen MR) is 89.1 cm³/mol. The second-order valence-electron chi connectivity index (χ2n) is 6.36. The van der Waals surface area contributed by atoms with E-state index in [0.717, 1.165) is 12.2 Å². The van der Waals surface area contributed by atoms with Crippen molar-refractivity contribution in [3.63, 3.8) is 0 Å². The second-order valence-corrected chi connectivity index (χ2v) is 6.36. The van der Waals surface area contributed by atoms with E-state index in [-0.39, 0.29) is 30.3 Å². The minimum atomic E-state index is 0. The lowest BCUT2D eigenvalue weighted by Crippen LogP contribution is -2.46. The van der Waals surface area contributed by atoms with Gasteiger partial charge in [0.1, 0.15) is 12.4 Å². The van der Waals surface area contributed by atoms with Crippen LogP contribution in [-0.4, -0.2) is 37.0 Å². The van der Waals surface area contributed by atoms with Crippen molar-refractivity contribution in [2.24, 2.45) is 23.5 Å². The SMILES string of the molecule is CN(CCOc1ccccc1)C(=O)C1C2CCC(C2)C1N.Cl. The van der Waals surface area contributed by atoms with Gasteiger partial charge >= 0.3 is 0 Å². The maximum atomic E-state index is 12.6. The first kappa shape index (κ1) is 17.1. The molecule has 0 saturated heterocycles. The average molecular weight is 325 g/mol. The zero-order valence-corrected chi connectivity index (χ0v) is 13.8. The van der Waals surface area contributed by atoms with Crippen LogP contribution in [0, 0.1) is 17.8 Å². The first-order valence-electron chi connectivity index (χ1n) is 7.85. The molecule has 4 unspecified atom stereocenters. The molecule has 2 saturated carbocycles. The Morgan fingerprint density at radius 2 is 1.95 bits per heavy atom. The molecule has 2 fully saturated rings. The van der Waals surface area contributed by atoms with Crippen molar-refractivity contribution in [2.45, 2.75) is 25.3 Å². The van der Waals surface area contributed by atoms with Gasteiger partial charge in [0.25, 0.3) is 0 Å². The lowest BCUT2D eigenvalue weighted by atomic mass is 9.84. The summed E-state index contributed by atoms with van der Waals surface area (Å²) in [7, 11) is 1.86. The van der Waals surface area contributed by atoms with E-state index in [2.05, 4.69) is 0 Å². The number of fused-ring (bicyclic) bond motifs is 2. The Labute approximate surface area is 138 Å². The Balaban J connectivity index is 0.00000176. The van der Waals surface area contributed by atoms with Crippen molar-refractivity contribution < 1.29 is 9.53 Å². The van der Waals surface area contributed by atoms with E-state index < -0.39 is 0 Å². The molecule has 2 bridgehead atoms. The van der Waals surface area contributed by atoms with Crippen molar-refractivity contribution in [1.29, 1.82) is 0 Å². The molecule has 2 aliphatic rings. The zero-order chi connectivity index (χ0) is 14.8. The third kappa shape index (κ3) is 3.39. The molecule has 4 atom stereocenters. The molecule has 0 aromatic heterocycles. The highest BCUT2D eigenvalue weighted by Gasteiger charge is 2.49. The van der Waals surface area contributed by atoms with Crippen LogP contribution in [0.2, 0.25) is 0 Å². The third-order valence-corrected chi connectivity index (χ3v) is 5.08. The van der Waals surface area contributed by atoms with E-state index in [0.29, 0.717) is 25.0 Å². The molecule has 0 heterocycles. The number of ether oxygens (including phenoxy) is 1. The Hall–Kier alpha value is -1.26. The van der Waals surface area contributed by atoms with Gasteiger partial charge in [-0.1, -0.05) is 18.2 Å². The fourth-order valence-corrected chi connectivity index (χ4v) is 3.88. The van der Waals surface area contributed by atoms with Gasteiger partial charge in [-0.2, -0.15) is 0 Å². The van der Waals surface area contributed by atoms with Crippen LogP contribution in [0.5, 0.6) is 5.75 Å². The molecular formula is C17H25ClN2O2. The molecule has 5 heteroatoms. The first-order valence-corrected chi connectivity index (χ1v) is 7.85. The first-order chi connectivity index (χ1) is 10.2. The van der Waals surface area contributed by atoms with Crippen LogP contribution in [0.4, 0.5) is 0 Å². The Morgan fingerprint density at radius 3 is 2.59 bits per heavy atom. The molecular weight excluding hydrogens is 300 g/mol. The third-order valence-electron chi connectivity index (χ3n) is 5.08. The number of nitrogens with two attached hydrogens (primary N) is 1. The maximum absolute atomic E-state index is 12.6. The summed E-state index contributed by atoms with van der Waals surface area (Å²) in [6.07, 6.45) is 3.52. The fraction of sp³-hybridized carbons (Fsp3) is 0.588. The van der Waals surface area contributed by atoms with Gasteiger partial charge < -0.3 is 15.4 Å².